The van der Waals surface area contributed by atoms with Gasteiger partial charge in [0.25, 0.3) is 5.91 Å². The van der Waals surface area contributed by atoms with Crippen molar-refractivity contribution in [2.75, 3.05) is 18.4 Å². The van der Waals surface area contributed by atoms with Crippen molar-refractivity contribution in [3.8, 4) is 0 Å². The average Bonchev–Trinajstić information content (AvgIpc) is 2.75. The molecule has 190 valence electrons. The normalized spacial score (nSPS) is 12.0. The SMILES string of the molecule is CCCN(C(=O)CNC(=O)OC(C)(C)C)C(C(=O)Nc1c(C)cccc1C)c1ccc(C)c(C)c1. The summed E-state index contributed by atoms with van der Waals surface area (Å²) in [5.74, 6) is -0.665. The number of rotatable bonds is 8. The number of carbonyl (C=O) groups excluding carboxylic acids is 3. The van der Waals surface area contributed by atoms with Crippen LogP contribution in [0, 0.1) is 27.7 Å². The lowest BCUT2D eigenvalue weighted by Crippen LogP contribution is -2.47. The van der Waals surface area contributed by atoms with Crippen LogP contribution in [0.1, 0.15) is 68.0 Å². The van der Waals surface area contributed by atoms with Crippen LogP contribution in [0.25, 0.3) is 0 Å². The Hall–Kier alpha value is -3.35. The molecule has 0 saturated heterocycles. The van der Waals surface area contributed by atoms with E-state index in [4.69, 9.17) is 4.74 Å². The molecule has 0 bridgehead atoms. The molecule has 35 heavy (non-hydrogen) atoms. The molecule has 0 aromatic heterocycles. The minimum Gasteiger partial charge on any atom is -0.444 e. The highest BCUT2D eigenvalue weighted by Gasteiger charge is 2.32. The Morgan fingerprint density at radius 1 is 0.943 bits per heavy atom. The number of benzene rings is 2. The third kappa shape index (κ3) is 7.84. The highest BCUT2D eigenvalue weighted by Crippen LogP contribution is 2.27. The lowest BCUT2D eigenvalue weighted by molar-refractivity contribution is -0.138. The van der Waals surface area contributed by atoms with Crippen LogP contribution in [0.4, 0.5) is 10.5 Å². The van der Waals surface area contributed by atoms with Gasteiger partial charge in [-0.05, 0) is 82.7 Å². The largest absolute Gasteiger partial charge is 0.444 e. The Labute approximate surface area is 209 Å². The smallest absolute Gasteiger partial charge is 0.408 e. The van der Waals surface area contributed by atoms with Crippen LogP contribution in [0.15, 0.2) is 36.4 Å². The number of nitrogens with one attached hydrogen (secondary N) is 2. The van der Waals surface area contributed by atoms with Gasteiger partial charge in [-0.1, -0.05) is 43.3 Å². The van der Waals surface area contributed by atoms with E-state index in [1.165, 1.54) is 4.90 Å². The molecule has 0 saturated carbocycles. The fourth-order valence-electron chi connectivity index (χ4n) is 3.81. The Balaban J connectivity index is 2.41. The summed E-state index contributed by atoms with van der Waals surface area (Å²) in [4.78, 5) is 40.7. The Morgan fingerprint density at radius 3 is 2.11 bits per heavy atom. The van der Waals surface area contributed by atoms with Gasteiger partial charge >= 0.3 is 6.09 Å². The number of amides is 3. The van der Waals surface area contributed by atoms with Gasteiger partial charge in [-0.3, -0.25) is 9.59 Å². The van der Waals surface area contributed by atoms with Crippen LogP contribution in [-0.2, 0) is 14.3 Å². The predicted molar refractivity (Wildman–Crippen MR) is 139 cm³/mol. The zero-order chi connectivity index (χ0) is 26.3. The van der Waals surface area contributed by atoms with E-state index in [9.17, 15) is 14.4 Å². The summed E-state index contributed by atoms with van der Waals surface area (Å²) in [6, 6.07) is 10.7. The van der Waals surface area contributed by atoms with E-state index in [2.05, 4.69) is 10.6 Å². The molecule has 0 spiro atoms. The second-order valence-electron chi connectivity index (χ2n) is 9.94. The van der Waals surface area contributed by atoms with Gasteiger partial charge in [0, 0.05) is 12.2 Å². The Bertz CT molecular complexity index is 1050. The number of anilines is 1. The van der Waals surface area contributed by atoms with Crippen molar-refractivity contribution in [1.29, 1.82) is 0 Å². The lowest BCUT2D eigenvalue weighted by Gasteiger charge is -2.32. The van der Waals surface area contributed by atoms with Gasteiger partial charge in [0.1, 0.15) is 18.2 Å². The molecule has 0 radical (unpaired) electrons. The highest BCUT2D eigenvalue weighted by molar-refractivity contribution is 5.99. The van der Waals surface area contributed by atoms with Crippen LogP contribution in [-0.4, -0.2) is 41.5 Å². The summed E-state index contributed by atoms with van der Waals surface area (Å²) in [5, 5.41) is 5.58. The van der Waals surface area contributed by atoms with E-state index in [0.29, 0.717) is 13.0 Å². The molecule has 2 rings (SSSR count). The van der Waals surface area contributed by atoms with E-state index < -0.39 is 17.7 Å². The van der Waals surface area contributed by atoms with E-state index in [-0.39, 0.29) is 18.4 Å². The third-order valence-corrected chi connectivity index (χ3v) is 5.70. The zero-order valence-corrected chi connectivity index (χ0v) is 22.2. The Morgan fingerprint density at radius 2 is 1.57 bits per heavy atom. The second-order valence-corrected chi connectivity index (χ2v) is 9.94. The summed E-state index contributed by atoms with van der Waals surface area (Å²) >= 11 is 0. The number of carbonyl (C=O) groups is 3. The summed E-state index contributed by atoms with van der Waals surface area (Å²) < 4.78 is 5.25. The molecule has 2 N–H and O–H groups in total. The summed E-state index contributed by atoms with van der Waals surface area (Å²) in [5.41, 5.74) is 4.79. The number of alkyl carbamates (subject to hydrolysis) is 1. The molecule has 0 fully saturated rings. The monoisotopic (exact) mass is 481 g/mol. The molecular weight excluding hydrogens is 442 g/mol. The molecule has 2 aromatic carbocycles. The fraction of sp³-hybridized carbons (Fsp3) is 0.464. The van der Waals surface area contributed by atoms with Gasteiger partial charge in [-0.25, -0.2) is 4.79 Å². The van der Waals surface area contributed by atoms with Crippen LogP contribution in [0.3, 0.4) is 0 Å². The van der Waals surface area contributed by atoms with Crippen LogP contribution < -0.4 is 10.6 Å². The van der Waals surface area contributed by atoms with Gasteiger partial charge in [-0.2, -0.15) is 0 Å². The number of para-hydroxylation sites is 1. The van der Waals surface area contributed by atoms with Gasteiger partial charge in [-0.15, -0.1) is 0 Å². The summed E-state index contributed by atoms with van der Waals surface area (Å²) in [6.45, 7) is 15.2. The minimum absolute atomic E-state index is 0.271. The number of hydrogen-bond donors (Lipinski definition) is 2. The van der Waals surface area contributed by atoms with Crippen LogP contribution >= 0.6 is 0 Å². The molecule has 7 nitrogen and oxygen atoms in total. The van der Waals surface area contributed by atoms with Gasteiger partial charge < -0.3 is 20.3 Å². The molecule has 3 amide bonds. The molecule has 0 heterocycles. The molecule has 2 aromatic rings. The van der Waals surface area contributed by atoms with Crippen molar-refractivity contribution in [1.82, 2.24) is 10.2 Å². The summed E-state index contributed by atoms with van der Waals surface area (Å²) in [7, 11) is 0. The second kappa shape index (κ2) is 11.9. The number of aryl methyl sites for hydroxylation is 4. The molecular formula is C28H39N3O4. The molecule has 0 aliphatic rings. The number of ether oxygens (including phenoxy) is 1. The van der Waals surface area contributed by atoms with Crippen molar-refractivity contribution < 1.29 is 19.1 Å². The molecule has 0 aliphatic carbocycles. The molecule has 7 heteroatoms. The first-order valence-electron chi connectivity index (χ1n) is 12.0. The molecule has 1 atom stereocenters. The van der Waals surface area contributed by atoms with Crippen LogP contribution in [0.2, 0.25) is 0 Å². The molecule has 1 unspecified atom stereocenters. The maximum absolute atomic E-state index is 13.7. The zero-order valence-electron chi connectivity index (χ0n) is 22.2. The first kappa shape index (κ1) is 27.9. The van der Waals surface area contributed by atoms with Crippen LogP contribution in [0.5, 0.6) is 0 Å². The first-order valence-corrected chi connectivity index (χ1v) is 12.0. The third-order valence-electron chi connectivity index (χ3n) is 5.70. The van der Waals surface area contributed by atoms with E-state index >= 15 is 0 Å². The van der Waals surface area contributed by atoms with Crippen molar-refractivity contribution in [2.45, 2.75) is 73.5 Å². The fourth-order valence-corrected chi connectivity index (χ4v) is 3.81. The number of nitrogens with zero attached hydrogens (tertiary/aromatic N) is 1. The van der Waals surface area contributed by atoms with Crippen molar-refractivity contribution in [3.05, 3.63) is 64.2 Å². The highest BCUT2D eigenvalue weighted by atomic mass is 16.6. The lowest BCUT2D eigenvalue weighted by atomic mass is 9.98. The Kier molecular flexibility index (Phi) is 9.46. The quantitative estimate of drug-likeness (QED) is 0.531. The van der Waals surface area contributed by atoms with Gasteiger partial charge in [0.05, 0.1) is 0 Å². The maximum Gasteiger partial charge on any atom is 0.408 e. The van der Waals surface area contributed by atoms with E-state index in [0.717, 1.165) is 33.5 Å². The topological polar surface area (TPSA) is 87.7 Å². The van der Waals surface area contributed by atoms with E-state index in [1.807, 2.05) is 71.0 Å². The average molecular weight is 482 g/mol. The van der Waals surface area contributed by atoms with Crippen molar-refractivity contribution >= 4 is 23.6 Å². The van der Waals surface area contributed by atoms with Gasteiger partial charge in [0.15, 0.2) is 0 Å². The van der Waals surface area contributed by atoms with Crippen molar-refractivity contribution in [2.24, 2.45) is 0 Å². The standard InChI is InChI=1S/C28H39N3O4/c1-9-15-31(23(32)17-29-27(34)35-28(6,7)8)25(22-14-13-18(2)21(5)16-22)26(33)30-24-19(3)11-10-12-20(24)4/h10-14,16,25H,9,15,17H2,1-8H3,(H,29,34)(H,30,33). The van der Waals surface area contributed by atoms with Gasteiger partial charge in [0.2, 0.25) is 5.91 Å². The number of hydrogen-bond acceptors (Lipinski definition) is 4. The van der Waals surface area contributed by atoms with Crippen molar-refractivity contribution in [3.63, 3.8) is 0 Å². The minimum atomic E-state index is -0.860. The predicted octanol–water partition coefficient (Wildman–Crippen LogP) is 5.36. The maximum atomic E-state index is 13.7. The molecule has 0 aliphatic heterocycles. The first-order chi connectivity index (χ1) is 16.3. The van der Waals surface area contributed by atoms with E-state index in [1.54, 1.807) is 20.8 Å². The summed E-state index contributed by atoms with van der Waals surface area (Å²) in [6.07, 6.45) is -0.0269.